The van der Waals surface area contributed by atoms with E-state index in [2.05, 4.69) is 30.5 Å². The molecular formula is C50H62F2N12O10S2. The third-order valence-electron chi connectivity index (χ3n) is 10.4. The van der Waals surface area contributed by atoms with Crippen LogP contribution in [-0.2, 0) is 38.9 Å². The van der Waals surface area contributed by atoms with Crippen LogP contribution in [0.4, 0.5) is 25.0 Å². The maximum Gasteiger partial charge on any atom is 0.333 e. The first-order chi connectivity index (χ1) is 35.3. The van der Waals surface area contributed by atoms with E-state index in [-0.39, 0.29) is 57.9 Å². The Hall–Kier alpha value is -7.93. The summed E-state index contributed by atoms with van der Waals surface area (Å²) in [5.41, 5.74) is 3.98. The number of pyridine rings is 2. The highest BCUT2D eigenvalue weighted by atomic mass is 32.2. The molecule has 0 bridgehead atoms. The number of sulfonamides is 2. The van der Waals surface area contributed by atoms with Gasteiger partial charge in [-0.15, -0.1) is 0 Å². The number of nitrogens with one attached hydrogen (secondary N) is 2. The van der Waals surface area contributed by atoms with Crippen molar-refractivity contribution in [3.63, 3.8) is 0 Å². The molecule has 4 heterocycles. The highest BCUT2D eigenvalue weighted by Gasteiger charge is 2.27. The summed E-state index contributed by atoms with van der Waals surface area (Å²) in [5, 5.41) is 14.1. The van der Waals surface area contributed by atoms with Crippen LogP contribution in [0.2, 0.25) is 0 Å². The van der Waals surface area contributed by atoms with Gasteiger partial charge in [0.25, 0.3) is 31.9 Å². The molecule has 0 saturated heterocycles. The van der Waals surface area contributed by atoms with Crippen molar-refractivity contribution in [1.29, 1.82) is 0 Å². The highest BCUT2D eigenvalue weighted by molar-refractivity contribution is 7.90. The lowest BCUT2D eigenvalue weighted by molar-refractivity contribution is 0.0809. The normalized spacial score (nSPS) is 11.3. The molecule has 408 valence electrons. The van der Waals surface area contributed by atoms with Crippen molar-refractivity contribution in [2.24, 2.45) is 24.2 Å². The van der Waals surface area contributed by atoms with Gasteiger partial charge in [0.2, 0.25) is 17.8 Å². The van der Waals surface area contributed by atoms with Crippen LogP contribution in [-0.4, -0.2) is 120 Å². The maximum absolute atomic E-state index is 14.6. The molecule has 4 N–H and O–H groups in total. The fourth-order valence-corrected chi connectivity index (χ4v) is 8.40. The zero-order valence-electron chi connectivity index (χ0n) is 44.5. The molecule has 0 unspecified atom stereocenters. The van der Waals surface area contributed by atoms with Crippen LogP contribution in [0.25, 0.3) is 22.3 Å². The predicted octanol–water partition coefficient (Wildman–Crippen LogP) is 7.28. The first-order valence-corrected chi connectivity index (χ1v) is 26.3. The monoisotopic (exact) mass is 1090 g/mol. The van der Waals surface area contributed by atoms with Gasteiger partial charge >= 0.3 is 6.03 Å². The minimum atomic E-state index is -4.45. The number of aliphatic imine (C=N–C) groups is 1. The summed E-state index contributed by atoms with van der Waals surface area (Å²) in [4.78, 5) is 62.3. The molecule has 0 aliphatic heterocycles. The number of benzene rings is 2. The van der Waals surface area contributed by atoms with Crippen LogP contribution in [0.1, 0.15) is 99.3 Å². The molecule has 26 heteroatoms. The quantitative estimate of drug-likeness (QED) is 0.0673. The molecule has 4 amide bonds. The van der Waals surface area contributed by atoms with E-state index in [0.717, 1.165) is 16.8 Å². The van der Waals surface area contributed by atoms with E-state index in [1.54, 1.807) is 50.6 Å². The van der Waals surface area contributed by atoms with Gasteiger partial charge in [-0.2, -0.15) is 23.6 Å². The highest BCUT2D eigenvalue weighted by Crippen LogP contribution is 2.39. The minimum Gasteiger partial charge on any atom is -0.475 e. The number of amides is 4. The third kappa shape index (κ3) is 16.0. The Morgan fingerprint density at radius 2 is 1.11 bits per heavy atom. The second kappa shape index (κ2) is 25.5. The third-order valence-corrected chi connectivity index (χ3v) is 12.4. The van der Waals surface area contributed by atoms with Crippen molar-refractivity contribution in [2.75, 3.05) is 33.5 Å². The van der Waals surface area contributed by atoms with Crippen molar-refractivity contribution in [2.45, 2.75) is 89.5 Å². The number of anilines is 1. The summed E-state index contributed by atoms with van der Waals surface area (Å²) >= 11 is 0. The molecule has 76 heavy (non-hydrogen) atoms. The van der Waals surface area contributed by atoms with Crippen LogP contribution < -0.4 is 24.7 Å². The Kier molecular flexibility index (Phi) is 20.4. The van der Waals surface area contributed by atoms with E-state index in [4.69, 9.17) is 14.6 Å². The minimum absolute atomic E-state index is 0.0183. The molecule has 0 spiro atoms. The van der Waals surface area contributed by atoms with Crippen LogP contribution in [0.15, 0.2) is 88.1 Å². The van der Waals surface area contributed by atoms with Crippen molar-refractivity contribution in [3.8, 4) is 34.0 Å². The van der Waals surface area contributed by atoms with Gasteiger partial charge in [-0.05, 0) is 98.2 Å². The molecular weight excluding hydrogens is 1030 g/mol. The number of ether oxygens (including phenoxy) is 2. The average Bonchev–Trinajstić information content (AvgIpc) is 3.92. The molecule has 0 radical (unpaired) electrons. The number of carbonyl (C=O) groups is 3. The lowest BCUT2D eigenvalue weighted by Gasteiger charge is -2.19. The van der Waals surface area contributed by atoms with Crippen molar-refractivity contribution in [1.82, 2.24) is 44.1 Å². The summed E-state index contributed by atoms with van der Waals surface area (Å²) in [6, 6.07) is 13.1. The second-order valence-corrected chi connectivity index (χ2v) is 21.5. The number of isocyanates is 1. The molecule has 22 nitrogen and oxygen atoms in total. The van der Waals surface area contributed by atoms with Gasteiger partial charge in [-0.25, -0.2) is 46.6 Å². The summed E-state index contributed by atoms with van der Waals surface area (Å²) in [5.74, 6) is -1.15. The largest absolute Gasteiger partial charge is 0.475 e. The Morgan fingerprint density at radius 3 is 1.53 bits per heavy atom. The second-order valence-electron chi connectivity index (χ2n) is 18.4. The average molecular weight is 1090 g/mol. The van der Waals surface area contributed by atoms with Crippen LogP contribution >= 0.6 is 0 Å². The number of rotatable bonds is 15. The first kappa shape index (κ1) is 60.6. The molecule has 0 aliphatic rings. The van der Waals surface area contributed by atoms with Gasteiger partial charge in [0.05, 0.1) is 23.6 Å². The van der Waals surface area contributed by atoms with Gasteiger partial charge in [-0.1, -0.05) is 27.7 Å². The number of urea groups is 1. The van der Waals surface area contributed by atoms with E-state index >= 15 is 0 Å². The molecule has 2 aromatic carbocycles. The molecule has 0 aliphatic carbocycles. The van der Waals surface area contributed by atoms with Gasteiger partial charge in [0, 0.05) is 90.1 Å². The fourth-order valence-electron chi connectivity index (χ4n) is 6.99. The van der Waals surface area contributed by atoms with Crippen LogP contribution in [0.5, 0.6) is 11.8 Å². The zero-order valence-corrected chi connectivity index (χ0v) is 46.1. The maximum atomic E-state index is 14.6. The Labute approximate surface area is 440 Å². The summed E-state index contributed by atoms with van der Waals surface area (Å²) in [6.45, 7) is 14.9. The Balaban J connectivity index is 0.000000277. The lowest BCUT2D eigenvalue weighted by atomic mass is 9.94. The smallest absolute Gasteiger partial charge is 0.333 e. The number of aromatic nitrogens is 6. The summed E-state index contributed by atoms with van der Waals surface area (Å²) in [7, 11) is 0.737. The van der Waals surface area contributed by atoms with Gasteiger partial charge < -0.3 is 24.6 Å². The number of hydrogen-bond acceptors (Lipinski definition) is 15. The van der Waals surface area contributed by atoms with Crippen molar-refractivity contribution >= 4 is 55.3 Å². The Morgan fingerprint density at radius 1 is 0.671 bits per heavy atom. The van der Waals surface area contributed by atoms with Crippen LogP contribution in [0, 0.1) is 11.6 Å². The topological polar surface area (TPSA) is 285 Å². The van der Waals surface area contributed by atoms with Gasteiger partial charge in [0.15, 0.2) is 10.1 Å². The molecule has 4 aromatic heterocycles. The number of carbonyl (C=O) groups excluding carboxylic acids is 4. The molecule has 0 fully saturated rings. The van der Waals surface area contributed by atoms with Gasteiger partial charge in [-0.3, -0.25) is 19.0 Å². The number of halogens is 2. The van der Waals surface area contributed by atoms with Gasteiger partial charge in [0.1, 0.15) is 23.0 Å². The van der Waals surface area contributed by atoms with Crippen molar-refractivity contribution in [3.05, 3.63) is 107 Å². The molecule has 6 aromatic rings. The summed E-state index contributed by atoms with van der Waals surface area (Å²) in [6.07, 6.45) is 4.47. The number of primary sulfonamides is 1. The zero-order chi connectivity index (χ0) is 57.1. The summed E-state index contributed by atoms with van der Waals surface area (Å²) < 4.78 is 91.8. The number of hydrogen-bond donors (Lipinski definition) is 3. The fraction of sp³-hybridized carbons (Fsp3) is 0.360. The van der Waals surface area contributed by atoms with Crippen LogP contribution in [0.3, 0.4) is 0 Å². The molecule has 0 atom stereocenters. The van der Waals surface area contributed by atoms with E-state index in [1.807, 2.05) is 60.1 Å². The van der Waals surface area contributed by atoms with E-state index < -0.39 is 42.8 Å². The molecule has 0 saturated carbocycles. The number of nitrogens with zero attached hydrogens (tertiary/aromatic N) is 9. The van der Waals surface area contributed by atoms with E-state index in [1.165, 1.54) is 73.1 Å². The molecule has 6 rings (SSSR count). The first-order valence-electron chi connectivity index (χ1n) is 23.2. The standard InChI is InChI=1S/C25H31FN6O5S.C18H19FN2O2.C7H12N4O3S/c1-14(2)18-11-17(26)12-19(16-8-9-27-21(10-16)37-15(3)4)23(18)28-25(34)30-38(35,36)22-13-20(32(7)29-22)24(33)31(5)6;1-11(2)15-8-14(19)9-16(18(15)21-10-22)13-5-6-20-17(7-13)23-12(3)4;1-10(2)7(12)5-4-6(9-11(5)3)15(8,13)14/h8-15H,1-7H3,(H2,28,30,34);5-9,11-12H,1-4H3;4H,1-3H3,(H2,8,13,14). The predicted molar refractivity (Wildman–Crippen MR) is 280 cm³/mol. The van der Waals surface area contributed by atoms with Crippen molar-refractivity contribution < 1.29 is 54.3 Å². The number of aryl methyl sites for hydroxylation is 2. The Bertz CT molecular complexity index is 3370. The van der Waals surface area contributed by atoms with E-state index in [0.29, 0.717) is 50.8 Å². The number of nitrogens with two attached hydrogens (primary N) is 1. The lowest BCUT2D eigenvalue weighted by Crippen LogP contribution is -2.35. The SMILES string of the molecule is CC(C)Oc1cc(-c2cc(F)cc(C(C)C)c2N=C=O)ccn1.CC(C)Oc1cc(-c2cc(F)cc(C(C)C)c2NC(=O)NS(=O)(=O)c2cc(C(=O)N(C)C)n(C)n2)ccn1.CN(C)C(=O)c1cc(S(N)(=O)=O)nn1C. The van der Waals surface area contributed by atoms with E-state index in [9.17, 15) is 44.8 Å².